The molecular weight excluding hydrogens is 358 g/mol. The second kappa shape index (κ2) is 8.61. The van der Waals surface area contributed by atoms with Crippen molar-refractivity contribution in [2.24, 2.45) is 0 Å². The first-order valence-corrected chi connectivity index (χ1v) is 9.92. The zero-order valence-corrected chi connectivity index (χ0v) is 15.8. The van der Waals surface area contributed by atoms with Gasteiger partial charge in [-0.2, -0.15) is 4.31 Å². The number of nitrogens with one attached hydrogen (secondary N) is 1. The maximum absolute atomic E-state index is 12.8. The Kier molecular flexibility index (Phi) is 6.74. The standard InChI is InChI=1S/C17H25N3O5S/c1-19(2)16(22)8-9-18-17(23)13-5-3-7-15(11-13)26(24,25)20-10-4-6-14(20)12-21/h3,5,7,11,14,21H,4,6,8-10,12H2,1-2H3,(H,18,23)/t14-/m1/s1. The van der Waals surface area contributed by atoms with E-state index in [1.807, 2.05) is 0 Å². The van der Waals surface area contributed by atoms with E-state index >= 15 is 0 Å². The molecule has 1 aromatic carbocycles. The zero-order chi connectivity index (χ0) is 19.3. The van der Waals surface area contributed by atoms with Crippen LogP contribution in [0.1, 0.15) is 29.6 Å². The van der Waals surface area contributed by atoms with E-state index < -0.39 is 22.0 Å². The Morgan fingerprint density at radius 1 is 1.35 bits per heavy atom. The lowest BCUT2D eigenvalue weighted by Crippen LogP contribution is -2.37. The van der Waals surface area contributed by atoms with E-state index in [4.69, 9.17) is 0 Å². The molecule has 2 N–H and O–H groups in total. The van der Waals surface area contributed by atoms with Gasteiger partial charge in [-0.1, -0.05) is 6.07 Å². The van der Waals surface area contributed by atoms with E-state index in [0.717, 1.165) is 0 Å². The molecule has 0 saturated carbocycles. The number of hydrogen-bond acceptors (Lipinski definition) is 5. The maximum Gasteiger partial charge on any atom is 0.251 e. The maximum atomic E-state index is 12.8. The lowest BCUT2D eigenvalue weighted by Gasteiger charge is -2.22. The van der Waals surface area contributed by atoms with Crippen molar-refractivity contribution in [3.63, 3.8) is 0 Å². The van der Waals surface area contributed by atoms with Gasteiger partial charge in [0.05, 0.1) is 11.5 Å². The summed E-state index contributed by atoms with van der Waals surface area (Å²) in [5.74, 6) is -0.542. The minimum atomic E-state index is -3.77. The molecule has 1 atom stereocenters. The summed E-state index contributed by atoms with van der Waals surface area (Å²) in [6.07, 6.45) is 1.49. The van der Waals surface area contributed by atoms with Gasteiger partial charge in [-0.3, -0.25) is 9.59 Å². The molecular formula is C17H25N3O5S. The van der Waals surface area contributed by atoms with Crippen LogP contribution in [0.25, 0.3) is 0 Å². The lowest BCUT2D eigenvalue weighted by atomic mass is 10.2. The minimum Gasteiger partial charge on any atom is -0.395 e. The van der Waals surface area contributed by atoms with Crippen molar-refractivity contribution in [3.8, 4) is 0 Å². The van der Waals surface area contributed by atoms with E-state index in [2.05, 4.69) is 5.32 Å². The van der Waals surface area contributed by atoms with Gasteiger partial charge in [0.25, 0.3) is 5.91 Å². The van der Waals surface area contributed by atoms with Gasteiger partial charge in [-0.15, -0.1) is 0 Å². The van der Waals surface area contributed by atoms with E-state index in [1.165, 1.54) is 33.5 Å². The predicted molar refractivity (Wildman–Crippen MR) is 96.1 cm³/mol. The number of carbonyl (C=O) groups is 2. The van der Waals surface area contributed by atoms with Crippen LogP contribution in [0.3, 0.4) is 0 Å². The molecule has 1 saturated heterocycles. The van der Waals surface area contributed by atoms with E-state index in [9.17, 15) is 23.1 Å². The Labute approximate surface area is 153 Å². The Morgan fingerprint density at radius 2 is 2.08 bits per heavy atom. The third-order valence-corrected chi connectivity index (χ3v) is 6.31. The van der Waals surface area contributed by atoms with Gasteiger partial charge in [-0.05, 0) is 31.0 Å². The van der Waals surface area contributed by atoms with Crippen molar-refractivity contribution in [2.45, 2.75) is 30.2 Å². The molecule has 2 rings (SSSR count). The Morgan fingerprint density at radius 3 is 2.73 bits per heavy atom. The van der Waals surface area contributed by atoms with Crippen LogP contribution in [-0.4, -0.2) is 74.4 Å². The van der Waals surface area contributed by atoms with Crippen LogP contribution in [0, 0.1) is 0 Å². The fraction of sp³-hybridized carbons (Fsp3) is 0.529. The summed E-state index contributed by atoms with van der Waals surface area (Å²) in [5.41, 5.74) is 0.211. The summed E-state index contributed by atoms with van der Waals surface area (Å²) in [6.45, 7) is 0.307. The Hall–Kier alpha value is -1.97. The van der Waals surface area contributed by atoms with Crippen LogP contribution in [-0.2, 0) is 14.8 Å². The van der Waals surface area contributed by atoms with Crippen LogP contribution in [0.4, 0.5) is 0 Å². The van der Waals surface area contributed by atoms with Crippen molar-refractivity contribution in [1.29, 1.82) is 0 Å². The average Bonchev–Trinajstić information content (AvgIpc) is 3.11. The molecule has 1 aliphatic rings. The highest BCUT2D eigenvalue weighted by Crippen LogP contribution is 2.26. The first-order chi connectivity index (χ1) is 12.3. The van der Waals surface area contributed by atoms with Gasteiger partial charge in [0.1, 0.15) is 0 Å². The molecule has 0 unspecified atom stereocenters. The summed E-state index contributed by atoms with van der Waals surface area (Å²) in [7, 11) is -0.498. The molecule has 26 heavy (non-hydrogen) atoms. The monoisotopic (exact) mass is 383 g/mol. The molecule has 0 radical (unpaired) electrons. The SMILES string of the molecule is CN(C)C(=O)CCNC(=O)c1cccc(S(=O)(=O)N2CCC[C@@H]2CO)c1. The molecule has 0 bridgehead atoms. The fourth-order valence-electron chi connectivity index (χ4n) is 2.85. The molecule has 2 amide bonds. The highest BCUT2D eigenvalue weighted by molar-refractivity contribution is 7.89. The average molecular weight is 383 g/mol. The van der Waals surface area contributed by atoms with E-state index in [-0.39, 0.29) is 35.9 Å². The summed E-state index contributed by atoms with van der Waals surface area (Å²) >= 11 is 0. The molecule has 0 spiro atoms. The second-order valence-electron chi connectivity index (χ2n) is 6.42. The van der Waals surface area contributed by atoms with Gasteiger partial charge >= 0.3 is 0 Å². The topological polar surface area (TPSA) is 107 Å². The number of hydrogen-bond donors (Lipinski definition) is 2. The fourth-order valence-corrected chi connectivity index (χ4v) is 4.58. The number of rotatable bonds is 7. The van der Waals surface area contributed by atoms with Gasteiger partial charge in [0, 0.05) is 45.2 Å². The van der Waals surface area contributed by atoms with Crippen LogP contribution < -0.4 is 5.32 Å². The number of aliphatic hydroxyl groups is 1. The number of sulfonamides is 1. The third-order valence-electron chi connectivity index (χ3n) is 4.36. The molecule has 1 fully saturated rings. The van der Waals surface area contributed by atoms with Crippen molar-refractivity contribution in [3.05, 3.63) is 29.8 Å². The van der Waals surface area contributed by atoms with Gasteiger partial charge in [0.2, 0.25) is 15.9 Å². The van der Waals surface area contributed by atoms with Gasteiger partial charge in [0.15, 0.2) is 0 Å². The third kappa shape index (κ3) is 4.60. The van der Waals surface area contributed by atoms with Crippen molar-refractivity contribution >= 4 is 21.8 Å². The summed E-state index contributed by atoms with van der Waals surface area (Å²) in [4.78, 5) is 25.2. The van der Waals surface area contributed by atoms with Crippen molar-refractivity contribution < 1.29 is 23.1 Å². The van der Waals surface area contributed by atoms with Crippen molar-refractivity contribution in [1.82, 2.24) is 14.5 Å². The quantitative estimate of drug-likeness (QED) is 0.691. The molecule has 9 heteroatoms. The predicted octanol–water partition coefficient (Wildman–Crippen LogP) is 0.0401. The summed E-state index contributed by atoms with van der Waals surface area (Å²) in [6, 6.07) is 5.38. The molecule has 0 aromatic heterocycles. The lowest BCUT2D eigenvalue weighted by molar-refractivity contribution is -0.128. The highest BCUT2D eigenvalue weighted by Gasteiger charge is 2.35. The van der Waals surface area contributed by atoms with Crippen molar-refractivity contribution in [2.75, 3.05) is 33.8 Å². The number of aliphatic hydroxyl groups excluding tert-OH is 1. The molecule has 8 nitrogen and oxygen atoms in total. The molecule has 1 heterocycles. The number of benzene rings is 1. The van der Waals surface area contributed by atoms with Crippen LogP contribution in [0.15, 0.2) is 29.2 Å². The first-order valence-electron chi connectivity index (χ1n) is 8.48. The van der Waals surface area contributed by atoms with E-state index in [0.29, 0.717) is 19.4 Å². The Bertz CT molecular complexity index is 763. The van der Waals surface area contributed by atoms with Crippen LogP contribution >= 0.6 is 0 Å². The number of nitrogens with zero attached hydrogens (tertiary/aromatic N) is 2. The summed E-state index contributed by atoms with van der Waals surface area (Å²) in [5, 5.41) is 12.0. The zero-order valence-electron chi connectivity index (χ0n) is 15.0. The first kappa shape index (κ1) is 20.3. The number of carbonyl (C=O) groups excluding carboxylic acids is 2. The van der Waals surface area contributed by atoms with Gasteiger partial charge < -0.3 is 15.3 Å². The minimum absolute atomic E-state index is 0.0230. The smallest absolute Gasteiger partial charge is 0.251 e. The van der Waals surface area contributed by atoms with Gasteiger partial charge in [-0.25, -0.2) is 8.42 Å². The molecule has 1 aromatic rings. The summed E-state index contributed by atoms with van der Waals surface area (Å²) < 4.78 is 26.9. The second-order valence-corrected chi connectivity index (χ2v) is 8.31. The van der Waals surface area contributed by atoms with E-state index in [1.54, 1.807) is 14.1 Å². The molecule has 0 aliphatic carbocycles. The molecule has 1 aliphatic heterocycles. The largest absolute Gasteiger partial charge is 0.395 e. The highest BCUT2D eigenvalue weighted by atomic mass is 32.2. The van der Waals surface area contributed by atoms with Crippen LogP contribution in [0.5, 0.6) is 0 Å². The van der Waals surface area contributed by atoms with Crippen LogP contribution in [0.2, 0.25) is 0 Å². The normalized spacial score (nSPS) is 17.9. The number of amides is 2. The Balaban J connectivity index is 2.09. The molecule has 144 valence electrons.